The third-order valence-electron chi connectivity index (χ3n) is 3.40. The van der Waals surface area contributed by atoms with Crippen LogP contribution in [0.15, 0.2) is 42.5 Å². The highest BCUT2D eigenvalue weighted by Gasteiger charge is 2.31. The molecule has 28 heavy (non-hydrogen) atoms. The van der Waals surface area contributed by atoms with Crippen LogP contribution in [0.3, 0.4) is 0 Å². The van der Waals surface area contributed by atoms with Crippen LogP contribution < -0.4 is 14.8 Å². The summed E-state index contributed by atoms with van der Waals surface area (Å²) in [4.78, 5) is 12.3. The lowest BCUT2D eigenvalue weighted by atomic mass is 10.1. The van der Waals surface area contributed by atoms with Crippen LogP contribution in [0.4, 0.5) is 17.6 Å². The first-order valence-corrected chi connectivity index (χ1v) is 8.06. The number of benzene rings is 2. The van der Waals surface area contributed by atoms with Gasteiger partial charge in [0.2, 0.25) is 0 Å². The van der Waals surface area contributed by atoms with E-state index in [0.717, 1.165) is 36.4 Å². The Morgan fingerprint density at radius 1 is 1.21 bits per heavy atom. The summed E-state index contributed by atoms with van der Waals surface area (Å²) < 4.78 is 58.6. The number of rotatable bonds is 6. The SMILES string of the molecule is CC(C#N)(COc1ccc(F)cc1Cl)NC(=O)c1ccc(OC(F)(F)F)cc1. The number of nitriles is 1. The minimum Gasteiger partial charge on any atom is -0.488 e. The normalized spacial score (nSPS) is 13.2. The maximum atomic E-state index is 13.0. The predicted octanol–water partition coefficient (Wildman–Crippen LogP) is 4.47. The second kappa shape index (κ2) is 8.35. The number of carbonyl (C=O) groups is 1. The van der Waals surface area contributed by atoms with Crippen molar-refractivity contribution in [1.29, 1.82) is 5.26 Å². The zero-order valence-corrected chi connectivity index (χ0v) is 15.1. The summed E-state index contributed by atoms with van der Waals surface area (Å²) in [6, 6.07) is 9.48. The molecule has 1 N–H and O–H groups in total. The van der Waals surface area contributed by atoms with E-state index >= 15 is 0 Å². The predicted molar refractivity (Wildman–Crippen MR) is 91.5 cm³/mol. The second-order valence-corrected chi connectivity index (χ2v) is 6.24. The molecule has 0 aliphatic carbocycles. The van der Waals surface area contributed by atoms with Gasteiger partial charge in [0.1, 0.15) is 23.9 Å². The molecule has 0 spiro atoms. The molecule has 0 fully saturated rings. The molecule has 1 unspecified atom stereocenters. The molecule has 1 amide bonds. The monoisotopic (exact) mass is 416 g/mol. The minimum absolute atomic E-state index is 0.00753. The summed E-state index contributed by atoms with van der Waals surface area (Å²) in [5.41, 5.74) is -1.48. The van der Waals surface area contributed by atoms with E-state index in [1.165, 1.54) is 13.0 Å². The van der Waals surface area contributed by atoms with Crippen LogP contribution in [0.25, 0.3) is 0 Å². The van der Waals surface area contributed by atoms with Crippen molar-refractivity contribution in [3.8, 4) is 17.6 Å². The number of nitrogens with zero attached hydrogens (tertiary/aromatic N) is 1. The van der Waals surface area contributed by atoms with E-state index in [1.54, 1.807) is 0 Å². The average molecular weight is 417 g/mol. The molecule has 0 aliphatic rings. The highest BCUT2D eigenvalue weighted by molar-refractivity contribution is 6.32. The van der Waals surface area contributed by atoms with Gasteiger partial charge in [0, 0.05) is 5.56 Å². The number of ether oxygens (including phenoxy) is 2. The Hall–Kier alpha value is -2.99. The van der Waals surface area contributed by atoms with E-state index in [2.05, 4.69) is 10.1 Å². The number of carbonyl (C=O) groups excluding carboxylic acids is 1. The highest BCUT2D eigenvalue weighted by atomic mass is 35.5. The summed E-state index contributed by atoms with van der Waals surface area (Å²) >= 11 is 5.84. The van der Waals surface area contributed by atoms with Gasteiger partial charge >= 0.3 is 6.36 Å². The van der Waals surface area contributed by atoms with Crippen LogP contribution in [0, 0.1) is 17.1 Å². The molecule has 1 atom stereocenters. The fourth-order valence-corrected chi connectivity index (χ4v) is 2.26. The zero-order valence-electron chi connectivity index (χ0n) is 14.3. The lowest BCUT2D eigenvalue weighted by molar-refractivity contribution is -0.274. The van der Waals surface area contributed by atoms with Crippen molar-refractivity contribution in [2.75, 3.05) is 6.61 Å². The van der Waals surface area contributed by atoms with Crippen LogP contribution in [0.5, 0.6) is 11.5 Å². The highest BCUT2D eigenvalue weighted by Crippen LogP contribution is 2.26. The maximum Gasteiger partial charge on any atom is 0.573 e. The summed E-state index contributed by atoms with van der Waals surface area (Å²) in [6.45, 7) is 1.07. The quantitative estimate of drug-likeness (QED) is 0.705. The number of halogens is 5. The molecule has 0 saturated heterocycles. The number of nitrogens with one attached hydrogen (secondary N) is 1. The smallest absolute Gasteiger partial charge is 0.488 e. The third kappa shape index (κ3) is 6.03. The molecule has 10 heteroatoms. The lowest BCUT2D eigenvalue weighted by Gasteiger charge is -2.24. The van der Waals surface area contributed by atoms with Gasteiger partial charge in [0.05, 0.1) is 11.1 Å². The number of alkyl halides is 3. The molecule has 2 aromatic carbocycles. The molecular weight excluding hydrogens is 404 g/mol. The molecule has 0 heterocycles. The van der Waals surface area contributed by atoms with Crippen molar-refractivity contribution in [3.05, 3.63) is 58.9 Å². The molecule has 0 bridgehead atoms. The number of hydrogen-bond donors (Lipinski definition) is 1. The van der Waals surface area contributed by atoms with Gasteiger partial charge in [-0.1, -0.05) is 11.6 Å². The molecule has 148 valence electrons. The van der Waals surface area contributed by atoms with E-state index in [1.807, 2.05) is 6.07 Å². The molecule has 0 radical (unpaired) electrons. The van der Waals surface area contributed by atoms with Crippen LogP contribution in [0.1, 0.15) is 17.3 Å². The zero-order chi connectivity index (χ0) is 20.9. The Kier molecular flexibility index (Phi) is 6.36. The summed E-state index contributed by atoms with van der Waals surface area (Å²) in [5, 5.41) is 11.8. The van der Waals surface area contributed by atoms with Gasteiger partial charge < -0.3 is 14.8 Å². The van der Waals surface area contributed by atoms with Crippen molar-refractivity contribution < 1.29 is 31.8 Å². The fraction of sp³-hybridized carbons (Fsp3) is 0.222. The van der Waals surface area contributed by atoms with Crippen LogP contribution in [-0.4, -0.2) is 24.4 Å². The maximum absolute atomic E-state index is 13.0. The summed E-state index contributed by atoms with van der Waals surface area (Å²) in [6.07, 6.45) is -4.85. The van der Waals surface area contributed by atoms with E-state index < -0.39 is 29.4 Å². The Labute approximate surface area is 162 Å². The van der Waals surface area contributed by atoms with Gasteiger partial charge in [-0.25, -0.2) is 4.39 Å². The summed E-state index contributed by atoms with van der Waals surface area (Å²) in [7, 11) is 0. The van der Waals surface area contributed by atoms with Gasteiger partial charge in [0.25, 0.3) is 5.91 Å². The first kappa shape index (κ1) is 21.3. The topological polar surface area (TPSA) is 71.3 Å². The van der Waals surface area contributed by atoms with Crippen LogP contribution in [0.2, 0.25) is 5.02 Å². The largest absolute Gasteiger partial charge is 0.573 e. The van der Waals surface area contributed by atoms with Crippen molar-refractivity contribution in [2.24, 2.45) is 0 Å². The molecule has 2 aromatic rings. The van der Waals surface area contributed by atoms with Crippen molar-refractivity contribution in [1.82, 2.24) is 5.32 Å². The molecular formula is C18H13ClF4N2O3. The Balaban J connectivity index is 2.04. The number of hydrogen-bond acceptors (Lipinski definition) is 4. The van der Waals surface area contributed by atoms with Gasteiger partial charge in [-0.15, -0.1) is 13.2 Å². The molecule has 2 rings (SSSR count). The van der Waals surface area contributed by atoms with Crippen molar-refractivity contribution in [2.45, 2.75) is 18.8 Å². The van der Waals surface area contributed by atoms with E-state index in [0.29, 0.717) is 0 Å². The fourth-order valence-electron chi connectivity index (χ4n) is 2.04. The summed E-state index contributed by atoms with van der Waals surface area (Å²) in [5.74, 6) is -1.64. The standard InChI is InChI=1S/C18H13ClF4N2O3/c1-17(9-24,10-27-15-7-4-12(20)8-14(15)19)25-16(26)11-2-5-13(6-3-11)28-18(21,22)23/h2-8H,10H2,1H3,(H,25,26). The molecule has 0 saturated carbocycles. The minimum atomic E-state index is -4.85. The first-order chi connectivity index (χ1) is 13.0. The van der Waals surface area contributed by atoms with Crippen molar-refractivity contribution >= 4 is 17.5 Å². The molecule has 0 aliphatic heterocycles. The van der Waals surface area contributed by atoms with E-state index in [4.69, 9.17) is 16.3 Å². The van der Waals surface area contributed by atoms with Gasteiger partial charge in [-0.05, 0) is 49.4 Å². The Morgan fingerprint density at radius 3 is 2.39 bits per heavy atom. The van der Waals surface area contributed by atoms with E-state index in [9.17, 15) is 27.6 Å². The average Bonchev–Trinajstić information content (AvgIpc) is 2.60. The lowest BCUT2D eigenvalue weighted by Crippen LogP contribution is -2.49. The first-order valence-electron chi connectivity index (χ1n) is 7.69. The second-order valence-electron chi connectivity index (χ2n) is 5.83. The van der Waals surface area contributed by atoms with Crippen LogP contribution >= 0.6 is 11.6 Å². The Bertz CT molecular complexity index is 897. The van der Waals surface area contributed by atoms with Gasteiger partial charge in [-0.3, -0.25) is 4.79 Å². The number of amides is 1. The Morgan fingerprint density at radius 2 is 1.86 bits per heavy atom. The third-order valence-corrected chi connectivity index (χ3v) is 3.69. The van der Waals surface area contributed by atoms with Crippen LogP contribution in [-0.2, 0) is 0 Å². The molecule has 5 nitrogen and oxygen atoms in total. The van der Waals surface area contributed by atoms with Crippen molar-refractivity contribution in [3.63, 3.8) is 0 Å². The van der Waals surface area contributed by atoms with Gasteiger partial charge in [0.15, 0.2) is 5.54 Å². The van der Waals surface area contributed by atoms with Gasteiger partial charge in [-0.2, -0.15) is 5.26 Å². The van der Waals surface area contributed by atoms with E-state index in [-0.39, 0.29) is 22.9 Å². The molecule has 0 aromatic heterocycles.